The zero-order chi connectivity index (χ0) is 15.8. The lowest BCUT2D eigenvalue weighted by molar-refractivity contribution is -0.136. The molecule has 2 N–H and O–H groups in total. The summed E-state index contributed by atoms with van der Waals surface area (Å²) in [6.45, 7) is 4.20. The van der Waals surface area contributed by atoms with Crippen LogP contribution in [0, 0.1) is 11.8 Å². The third kappa shape index (κ3) is 6.52. The van der Waals surface area contributed by atoms with Crippen molar-refractivity contribution in [2.45, 2.75) is 52.0 Å². The van der Waals surface area contributed by atoms with Crippen molar-refractivity contribution >= 4 is 18.3 Å². The highest BCUT2D eigenvalue weighted by atomic mass is 35.5. The molecule has 130 valence electrons. The Balaban J connectivity index is 0.00000264. The topological polar surface area (TPSA) is 46.3 Å². The van der Waals surface area contributed by atoms with Crippen molar-refractivity contribution in [3.8, 4) is 0 Å². The van der Waals surface area contributed by atoms with Gasteiger partial charge >= 0.3 is 0 Å². The second-order valence-corrected chi connectivity index (χ2v) is 6.67. The minimum atomic E-state index is 0. The minimum Gasteiger partial charge on any atom is -0.338 e. The number of halogens is 1. The molecule has 1 fully saturated rings. The van der Waals surface area contributed by atoms with Crippen molar-refractivity contribution in [2.75, 3.05) is 13.1 Å². The van der Waals surface area contributed by atoms with Crippen LogP contribution in [0.15, 0.2) is 30.3 Å². The molecule has 0 spiro atoms. The van der Waals surface area contributed by atoms with Gasteiger partial charge in [0.2, 0.25) is 5.91 Å². The molecule has 1 aromatic carbocycles. The van der Waals surface area contributed by atoms with E-state index < -0.39 is 0 Å². The number of nitrogens with zero attached hydrogens (tertiary/aromatic N) is 1. The number of amides is 1. The average Bonchev–Trinajstić information content (AvgIpc) is 3.04. The van der Waals surface area contributed by atoms with Gasteiger partial charge in [0, 0.05) is 19.0 Å². The summed E-state index contributed by atoms with van der Waals surface area (Å²) < 4.78 is 0. The summed E-state index contributed by atoms with van der Waals surface area (Å²) in [6.07, 6.45) is 7.21. The van der Waals surface area contributed by atoms with Crippen LogP contribution in [0.1, 0.15) is 51.0 Å². The molecule has 0 heterocycles. The molecule has 1 aliphatic rings. The van der Waals surface area contributed by atoms with Crippen LogP contribution < -0.4 is 5.73 Å². The zero-order valence-electron chi connectivity index (χ0n) is 14.2. The first-order chi connectivity index (χ1) is 10.7. The molecular weight excluding hydrogens is 308 g/mol. The number of carbonyl (C=O) groups excluding carboxylic acids is 1. The number of benzene rings is 1. The van der Waals surface area contributed by atoms with Crippen LogP contribution in [-0.2, 0) is 11.3 Å². The zero-order valence-corrected chi connectivity index (χ0v) is 15.1. The van der Waals surface area contributed by atoms with Gasteiger partial charge in [-0.1, -0.05) is 62.9 Å². The maximum Gasteiger partial charge on any atom is 0.225 e. The van der Waals surface area contributed by atoms with Gasteiger partial charge in [0.15, 0.2) is 0 Å². The molecule has 0 aromatic heterocycles. The predicted octanol–water partition coefficient (Wildman–Crippen LogP) is 4.00. The van der Waals surface area contributed by atoms with E-state index in [2.05, 4.69) is 19.1 Å². The fourth-order valence-electron chi connectivity index (χ4n) is 3.51. The van der Waals surface area contributed by atoms with Gasteiger partial charge in [-0.3, -0.25) is 4.79 Å². The van der Waals surface area contributed by atoms with Gasteiger partial charge in [0.1, 0.15) is 0 Å². The summed E-state index contributed by atoms with van der Waals surface area (Å²) in [5.74, 6) is 1.18. The minimum absolute atomic E-state index is 0. The highest BCUT2D eigenvalue weighted by Gasteiger charge is 2.25. The van der Waals surface area contributed by atoms with Crippen LogP contribution in [0.5, 0.6) is 0 Å². The highest BCUT2D eigenvalue weighted by molar-refractivity contribution is 5.85. The molecule has 1 atom stereocenters. The van der Waals surface area contributed by atoms with Crippen LogP contribution in [-0.4, -0.2) is 23.9 Å². The molecule has 4 heteroatoms. The van der Waals surface area contributed by atoms with Crippen LogP contribution in [0.25, 0.3) is 0 Å². The van der Waals surface area contributed by atoms with E-state index in [0.717, 1.165) is 25.3 Å². The Morgan fingerprint density at radius 3 is 2.52 bits per heavy atom. The van der Waals surface area contributed by atoms with Gasteiger partial charge in [0.25, 0.3) is 0 Å². The van der Waals surface area contributed by atoms with Crippen LogP contribution in [0.3, 0.4) is 0 Å². The highest BCUT2D eigenvalue weighted by Crippen LogP contribution is 2.31. The number of nitrogens with two attached hydrogens (primary N) is 1. The average molecular weight is 339 g/mol. The monoisotopic (exact) mass is 338 g/mol. The molecule has 1 aromatic rings. The molecule has 23 heavy (non-hydrogen) atoms. The molecule has 0 saturated heterocycles. The molecule has 3 nitrogen and oxygen atoms in total. The summed E-state index contributed by atoms with van der Waals surface area (Å²) in [5.41, 5.74) is 6.84. The van der Waals surface area contributed by atoms with Crippen molar-refractivity contribution in [2.24, 2.45) is 17.6 Å². The van der Waals surface area contributed by atoms with Crippen molar-refractivity contribution in [1.29, 1.82) is 0 Å². The van der Waals surface area contributed by atoms with E-state index in [9.17, 15) is 4.79 Å². The number of carbonyl (C=O) groups is 1. The number of hydrogen-bond donors (Lipinski definition) is 1. The normalized spacial score (nSPS) is 15.9. The lowest BCUT2D eigenvalue weighted by Gasteiger charge is -2.27. The van der Waals surface area contributed by atoms with Crippen LogP contribution >= 0.6 is 12.4 Å². The van der Waals surface area contributed by atoms with Gasteiger partial charge in [-0.15, -0.1) is 12.4 Å². The summed E-state index contributed by atoms with van der Waals surface area (Å²) in [5, 5.41) is 0. The Kier molecular flexibility index (Phi) is 9.27. The first-order valence-corrected chi connectivity index (χ1v) is 8.73. The molecule has 1 unspecified atom stereocenters. The molecule has 2 rings (SSSR count). The van der Waals surface area contributed by atoms with Crippen molar-refractivity contribution in [3.05, 3.63) is 35.9 Å². The molecule has 0 radical (unpaired) electrons. The lowest BCUT2D eigenvalue weighted by atomic mass is 9.93. The van der Waals surface area contributed by atoms with Crippen LogP contribution in [0.2, 0.25) is 0 Å². The summed E-state index contributed by atoms with van der Waals surface area (Å²) in [6, 6.07) is 10.2. The standard InChI is InChI=1S/C19H30N2O.ClH/c1-16(14-17-8-5-6-9-17)19(22)21(13-7-12-20)15-18-10-3-2-4-11-18;/h2-4,10-11,16-17H,5-9,12-15,20H2,1H3;1H. The molecular formula is C19H31ClN2O. The van der Waals surface area contributed by atoms with Crippen molar-refractivity contribution in [3.63, 3.8) is 0 Å². The van der Waals surface area contributed by atoms with Crippen molar-refractivity contribution in [1.82, 2.24) is 4.90 Å². The fraction of sp³-hybridized carbons (Fsp3) is 0.632. The number of rotatable bonds is 8. The Labute approximate surface area is 147 Å². The van der Waals surface area contributed by atoms with Crippen LogP contribution in [0.4, 0.5) is 0 Å². The van der Waals surface area contributed by atoms with E-state index in [1.807, 2.05) is 23.1 Å². The van der Waals surface area contributed by atoms with Gasteiger partial charge in [0.05, 0.1) is 0 Å². The third-order valence-corrected chi connectivity index (χ3v) is 4.74. The molecule has 0 bridgehead atoms. The lowest BCUT2D eigenvalue weighted by Crippen LogP contribution is -2.36. The second-order valence-electron chi connectivity index (χ2n) is 6.67. The molecule has 1 aliphatic carbocycles. The van der Waals surface area contributed by atoms with Gasteiger partial charge in [-0.05, 0) is 30.9 Å². The first kappa shape index (κ1) is 20.0. The smallest absolute Gasteiger partial charge is 0.225 e. The SMILES string of the molecule is CC(CC1CCCC1)C(=O)N(CCCN)Cc1ccccc1.Cl. The van der Waals surface area contributed by atoms with E-state index in [1.165, 1.54) is 31.2 Å². The molecule has 1 amide bonds. The van der Waals surface area contributed by atoms with E-state index in [1.54, 1.807) is 0 Å². The van der Waals surface area contributed by atoms with Crippen molar-refractivity contribution < 1.29 is 4.79 Å². The van der Waals surface area contributed by atoms with E-state index in [4.69, 9.17) is 5.73 Å². The van der Waals surface area contributed by atoms with Gasteiger partial charge < -0.3 is 10.6 Å². The maximum absolute atomic E-state index is 12.8. The largest absolute Gasteiger partial charge is 0.338 e. The molecule has 0 aliphatic heterocycles. The summed E-state index contributed by atoms with van der Waals surface area (Å²) in [7, 11) is 0. The summed E-state index contributed by atoms with van der Waals surface area (Å²) >= 11 is 0. The fourth-order valence-corrected chi connectivity index (χ4v) is 3.51. The Morgan fingerprint density at radius 2 is 1.91 bits per heavy atom. The second kappa shape index (κ2) is 10.7. The Bertz CT molecular complexity index is 446. The van der Waals surface area contributed by atoms with E-state index in [-0.39, 0.29) is 18.3 Å². The van der Waals surface area contributed by atoms with Gasteiger partial charge in [-0.2, -0.15) is 0 Å². The van der Waals surface area contributed by atoms with E-state index >= 15 is 0 Å². The third-order valence-electron chi connectivity index (χ3n) is 4.74. The maximum atomic E-state index is 12.8. The Morgan fingerprint density at radius 1 is 1.26 bits per heavy atom. The quantitative estimate of drug-likeness (QED) is 0.778. The Hall–Kier alpha value is -1.06. The first-order valence-electron chi connectivity index (χ1n) is 8.73. The van der Waals surface area contributed by atoms with Gasteiger partial charge in [-0.25, -0.2) is 0 Å². The predicted molar refractivity (Wildman–Crippen MR) is 98.5 cm³/mol. The molecule has 1 saturated carbocycles. The number of hydrogen-bond acceptors (Lipinski definition) is 2. The summed E-state index contributed by atoms with van der Waals surface area (Å²) in [4.78, 5) is 14.8. The van der Waals surface area contributed by atoms with E-state index in [0.29, 0.717) is 19.0 Å².